The van der Waals surface area contributed by atoms with Crippen LogP contribution < -0.4 is 0 Å². The molecular formula is C8H6O2. The Morgan fingerprint density at radius 3 is 2.80 bits per heavy atom. The first-order chi connectivity index (χ1) is 4.88. The van der Waals surface area contributed by atoms with E-state index in [1.165, 1.54) is 6.26 Å². The Morgan fingerprint density at radius 1 is 1.20 bits per heavy atom. The molecule has 0 atom stereocenters. The van der Waals surface area contributed by atoms with E-state index in [4.69, 9.17) is 9.52 Å². The predicted octanol–water partition coefficient (Wildman–Crippen LogP) is 2.14. The average Bonchev–Trinajstić information content (AvgIpc) is 2.34. The van der Waals surface area contributed by atoms with Gasteiger partial charge >= 0.3 is 0 Å². The number of fused-ring (bicyclic) bond motifs is 1. The lowest BCUT2D eigenvalue weighted by atomic mass is 10.2. The van der Waals surface area contributed by atoms with E-state index >= 15 is 0 Å². The van der Waals surface area contributed by atoms with Crippen LogP contribution in [0.15, 0.2) is 34.9 Å². The molecule has 0 radical (unpaired) electrons. The second-order valence-corrected chi connectivity index (χ2v) is 2.12. The Kier molecular flexibility index (Phi) is 0.947. The van der Waals surface area contributed by atoms with Crippen LogP contribution in [-0.4, -0.2) is 5.11 Å². The van der Waals surface area contributed by atoms with Crippen LogP contribution in [0.25, 0.3) is 11.0 Å². The summed E-state index contributed by atoms with van der Waals surface area (Å²) < 4.78 is 5.00. The quantitative estimate of drug-likeness (QED) is 0.598. The fourth-order valence-electron chi connectivity index (χ4n) is 0.964. The first kappa shape index (κ1) is 5.35. The van der Waals surface area contributed by atoms with Gasteiger partial charge in [-0.3, -0.25) is 0 Å². The third-order valence-corrected chi connectivity index (χ3v) is 1.46. The molecule has 0 amide bonds. The number of hydrogen-bond donors (Lipinski definition) is 1. The fourth-order valence-corrected chi connectivity index (χ4v) is 0.964. The van der Waals surface area contributed by atoms with Gasteiger partial charge in [-0.25, -0.2) is 0 Å². The molecule has 0 aliphatic heterocycles. The van der Waals surface area contributed by atoms with E-state index in [1.54, 1.807) is 0 Å². The summed E-state index contributed by atoms with van der Waals surface area (Å²) in [6.45, 7) is 0. The number of aromatic hydroxyl groups is 1. The monoisotopic (exact) mass is 134 g/mol. The summed E-state index contributed by atoms with van der Waals surface area (Å²) in [5, 5.41) is 9.88. The Labute approximate surface area is 57.7 Å². The minimum atomic E-state index is 0.204. The first-order valence-corrected chi connectivity index (χ1v) is 3.03. The lowest BCUT2D eigenvalue weighted by Gasteiger charge is -1.84. The molecule has 1 aromatic heterocycles. The molecule has 2 aromatic rings. The highest BCUT2D eigenvalue weighted by Crippen LogP contribution is 2.25. The van der Waals surface area contributed by atoms with Crippen molar-refractivity contribution in [2.45, 2.75) is 0 Å². The van der Waals surface area contributed by atoms with Gasteiger partial charge in [-0.15, -0.1) is 0 Å². The summed E-state index contributed by atoms with van der Waals surface area (Å²) in [4.78, 5) is 0. The molecule has 10 heavy (non-hydrogen) atoms. The van der Waals surface area contributed by atoms with Crippen molar-refractivity contribution in [1.82, 2.24) is 0 Å². The van der Waals surface area contributed by atoms with E-state index in [2.05, 4.69) is 0 Å². The largest absolute Gasteiger partial charge is 0.504 e. The molecule has 2 nitrogen and oxygen atoms in total. The van der Waals surface area contributed by atoms with Crippen molar-refractivity contribution in [1.29, 1.82) is 0 Å². The highest BCUT2D eigenvalue weighted by atomic mass is 16.4. The second kappa shape index (κ2) is 1.77. The summed E-state index contributed by atoms with van der Waals surface area (Å²) in [6, 6.07) is 7.35. The van der Waals surface area contributed by atoms with Gasteiger partial charge in [-0.1, -0.05) is 12.1 Å². The normalized spacial score (nSPS) is 10.4. The molecule has 0 unspecified atom stereocenters. The van der Waals surface area contributed by atoms with Crippen LogP contribution in [0.5, 0.6) is 5.75 Å². The number of hydrogen-bond acceptors (Lipinski definition) is 2. The molecule has 1 heterocycles. The SMILES string of the molecule is Oc1coc2ccccc12. The summed E-state index contributed by atoms with van der Waals surface area (Å²) in [5.74, 6) is 0.204. The van der Waals surface area contributed by atoms with Gasteiger partial charge in [0, 0.05) is 0 Å². The summed E-state index contributed by atoms with van der Waals surface area (Å²) in [5.41, 5.74) is 0.722. The number of furan rings is 1. The maximum absolute atomic E-state index is 9.12. The average molecular weight is 134 g/mol. The van der Waals surface area contributed by atoms with Gasteiger partial charge in [0.05, 0.1) is 5.39 Å². The van der Waals surface area contributed by atoms with Crippen LogP contribution in [0.1, 0.15) is 0 Å². The smallest absolute Gasteiger partial charge is 0.161 e. The van der Waals surface area contributed by atoms with Gasteiger partial charge in [0.1, 0.15) is 11.8 Å². The zero-order valence-corrected chi connectivity index (χ0v) is 5.24. The zero-order chi connectivity index (χ0) is 6.97. The second-order valence-electron chi connectivity index (χ2n) is 2.12. The van der Waals surface area contributed by atoms with E-state index in [9.17, 15) is 0 Å². The predicted molar refractivity (Wildman–Crippen MR) is 37.9 cm³/mol. The molecule has 50 valence electrons. The van der Waals surface area contributed by atoms with Crippen LogP contribution >= 0.6 is 0 Å². The van der Waals surface area contributed by atoms with Crippen molar-refractivity contribution in [2.24, 2.45) is 0 Å². The Morgan fingerprint density at radius 2 is 2.00 bits per heavy atom. The molecule has 0 saturated heterocycles. The van der Waals surface area contributed by atoms with Gasteiger partial charge in [-0.2, -0.15) is 0 Å². The Balaban J connectivity index is 2.93. The van der Waals surface area contributed by atoms with E-state index < -0.39 is 0 Å². The van der Waals surface area contributed by atoms with E-state index in [1.807, 2.05) is 24.3 Å². The molecule has 0 spiro atoms. The van der Waals surface area contributed by atoms with Crippen LogP contribution in [-0.2, 0) is 0 Å². The maximum atomic E-state index is 9.12. The van der Waals surface area contributed by atoms with Gasteiger partial charge in [0.2, 0.25) is 0 Å². The van der Waals surface area contributed by atoms with Crippen LogP contribution in [0.4, 0.5) is 0 Å². The molecule has 0 aliphatic carbocycles. The molecule has 2 heteroatoms. The topological polar surface area (TPSA) is 33.4 Å². The van der Waals surface area contributed by atoms with Crippen LogP contribution in [0.3, 0.4) is 0 Å². The molecule has 1 aromatic carbocycles. The summed E-state index contributed by atoms with van der Waals surface area (Å²) >= 11 is 0. The Hall–Kier alpha value is -1.44. The molecular weight excluding hydrogens is 128 g/mol. The van der Waals surface area contributed by atoms with Crippen molar-refractivity contribution in [2.75, 3.05) is 0 Å². The molecule has 0 saturated carbocycles. The number of rotatable bonds is 0. The lowest BCUT2D eigenvalue weighted by Crippen LogP contribution is -1.60. The van der Waals surface area contributed by atoms with E-state index in [0.717, 1.165) is 11.0 Å². The molecule has 0 bridgehead atoms. The third kappa shape index (κ3) is 0.589. The highest BCUT2D eigenvalue weighted by molar-refractivity contribution is 5.83. The van der Waals surface area contributed by atoms with E-state index in [-0.39, 0.29) is 5.75 Å². The molecule has 1 N–H and O–H groups in total. The standard InChI is InChI=1S/C8H6O2/c9-7-5-10-8-4-2-1-3-6(7)8/h1-5,9H. The minimum absolute atomic E-state index is 0.204. The lowest BCUT2D eigenvalue weighted by molar-refractivity contribution is 0.464. The zero-order valence-electron chi connectivity index (χ0n) is 5.24. The minimum Gasteiger partial charge on any atom is -0.504 e. The van der Waals surface area contributed by atoms with Crippen molar-refractivity contribution < 1.29 is 9.52 Å². The summed E-state index contributed by atoms with van der Waals surface area (Å²) in [7, 11) is 0. The van der Waals surface area contributed by atoms with E-state index in [0.29, 0.717) is 0 Å². The van der Waals surface area contributed by atoms with Crippen molar-refractivity contribution >= 4 is 11.0 Å². The van der Waals surface area contributed by atoms with Gasteiger partial charge in [0.25, 0.3) is 0 Å². The van der Waals surface area contributed by atoms with Crippen molar-refractivity contribution in [3.8, 4) is 5.75 Å². The van der Waals surface area contributed by atoms with Crippen molar-refractivity contribution in [3.63, 3.8) is 0 Å². The van der Waals surface area contributed by atoms with Crippen molar-refractivity contribution in [3.05, 3.63) is 30.5 Å². The maximum Gasteiger partial charge on any atom is 0.161 e. The number of para-hydroxylation sites is 1. The molecule has 0 aliphatic rings. The first-order valence-electron chi connectivity index (χ1n) is 3.03. The van der Waals surface area contributed by atoms with Crippen LogP contribution in [0.2, 0.25) is 0 Å². The summed E-state index contributed by atoms with van der Waals surface area (Å²) in [6.07, 6.45) is 1.34. The molecule has 0 fully saturated rings. The van der Waals surface area contributed by atoms with Gasteiger partial charge in [-0.05, 0) is 12.1 Å². The Bertz CT molecular complexity index is 349. The third-order valence-electron chi connectivity index (χ3n) is 1.46. The van der Waals surface area contributed by atoms with Gasteiger partial charge < -0.3 is 9.52 Å². The fraction of sp³-hybridized carbons (Fsp3) is 0. The highest BCUT2D eigenvalue weighted by Gasteiger charge is 1.99. The van der Waals surface area contributed by atoms with Gasteiger partial charge in [0.15, 0.2) is 5.75 Å². The molecule has 2 rings (SSSR count). The van der Waals surface area contributed by atoms with Crippen LogP contribution in [0, 0.1) is 0 Å². The number of benzene rings is 1.